The Hall–Kier alpha value is -3.23. The Labute approximate surface area is 186 Å². The molecule has 162 valence electrons. The van der Waals surface area contributed by atoms with Crippen molar-refractivity contribution in [2.24, 2.45) is 0 Å². The first-order chi connectivity index (χ1) is 14.9. The Morgan fingerprint density at radius 1 is 1.13 bits per heavy atom. The Morgan fingerprint density at radius 3 is 2.61 bits per heavy atom. The molecular weight excluding hydrogens is 416 g/mol. The van der Waals surface area contributed by atoms with Gasteiger partial charge in [-0.2, -0.15) is 0 Å². The third-order valence-corrected chi connectivity index (χ3v) is 4.72. The molecule has 0 saturated carbocycles. The second kappa shape index (κ2) is 10.2. The highest BCUT2D eigenvalue weighted by Gasteiger charge is 2.19. The number of benzene rings is 2. The van der Waals surface area contributed by atoms with E-state index in [1.807, 2.05) is 57.4 Å². The van der Waals surface area contributed by atoms with Gasteiger partial charge in [-0.05, 0) is 56.4 Å². The molecule has 0 aliphatic heterocycles. The van der Waals surface area contributed by atoms with E-state index in [4.69, 9.17) is 11.6 Å². The summed E-state index contributed by atoms with van der Waals surface area (Å²) in [5, 5.41) is 14.5. The molecule has 0 aliphatic carbocycles. The van der Waals surface area contributed by atoms with Crippen LogP contribution in [0.2, 0.25) is 5.02 Å². The second-order valence-electron chi connectivity index (χ2n) is 7.30. The van der Waals surface area contributed by atoms with E-state index in [0.717, 1.165) is 11.3 Å². The molecule has 2 aromatic carbocycles. The number of rotatable bonds is 8. The standard InChI is InChI=1S/C22H25ClN6O2/c1-4-19-21(26-27-29(19)18-10-6-8-16(23)12-18)22(31)24-13-15-7-5-9-17(11-15)25-20(30)14-28(2)3/h5-12H,4,13-14H2,1-3H3,(H,24,31)(H,25,30). The van der Waals surface area contributed by atoms with Crippen molar-refractivity contribution >= 4 is 29.1 Å². The summed E-state index contributed by atoms with van der Waals surface area (Å²) in [7, 11) is 3.66. The van der Waals surface area contributed by atoms with Crippen LogP contribution in [0.3, 0.4) is 0 Å². The summed E-state index contributed by atoms with van der Waals surface area (Å²) in [6.45, 7) is 2.53. The average molecular weight is 441 g/mol. The van der Waals surface area contributed by atoms with Crippen molar-refractivity contribution in [3.05, 3.63) is 70.5 Å². The Balaban J connectivity index is 1.69. The lowest BCUT2D eigenvalue weighted by Crippen LogP contribution is -2.27. The molecule has 2 amide bonds. The molecule has 1 aromatic heterocycles. The number of carbonyl (C=O) groups excluding carboxylic acids is 2. The zero-order valence-corrected chi connectivity index (χ0v) is 18.5. The van der Waals surface area contributed by atoms with E-state index in [-0.39, 0.29) is 17.5 Å². The fourth-order valence-corrected chi connectivity index (χ4v) is 3.31. The molecule has 0 saturated heterocycles. The summed E-state index contributed by atoms with van der Waals surface area (Å²) in [4.78, 5) is 26.5. The van der Waals surface area contributed by atoms with Gasteiger partial charge in [0.2, 0.25) is 5.91 Å². The molecule has 1 heterocycles. The predicted molar refractivity (Wildman–Crippen MR) is 121 cm³/mol. The molecule has 0 radical (unpaired) electrons. The molecule has 0 unspecified atom stereocenters. The summed E-state index contributed by atoms with van der Waals surface area (Å²) in [5.41, 5.74) is 3.26. The van der Waals surface area contributed by atoms with Gasteiger partial charge in [0.05, 0.1) is 17.9 Å². The van der Waals surface area contributed by atoms with Gasteiger partial charge in [0.1, 0.15) is 0 Å². The first kappa shape index (κ1) is 22.5. The summed E-state index contributed by atoms with van der Waals surface area (Å²) in [6.07, 6.45) is 0.579. The monoisotopic (exact) mass is 440 g/mol. The molecule has 3 aromatic rings. The van der Waals surface area contributed by atoms with Crippen LogP contribution < -0.4 is 10.6 Å². The van der Waals surface area contributed by atoms with Crippen LogP contribution in [0, 0.1) is 0 Å². The molecule has 0 bridgehead atoms. The van der Waals surface area contributed by atoms with Crippen molar-refractivity contribution < 1.29 is 9.59 Å². The van der Waals surface area contributed by atoms with E-state index in [2.05, 4.69) is 20.9 Å². The van der Waals surface area contributed by atoms with Gasteiger partial charge >= 0.3 is 0 Å². The summed E-state index contributed by atoms with van der Waals surface area (Å²) < 4.78 is 1.63. The fraction of sp³-hybridized carbons (Fsp3) is 0.273. The number of hydrogen-bond donors (Lipinski definition) is 2. The first-order valence-electron chi connectivity index (χ1n) is 9.89. The van der Waals surface area contributed by atoms with Crippen LogP contribution in [0.5, 0.6) is 0 Å². The van der Waals surface area contributed by atoms with Gasteiger partial charge in [-0.3, -0.25) is 9.59 Å². The van der Waals surface area contributed by atoms with Crippen LogP contribution in [0.15, 0.2) is 48.5 Å². The molecule has 2 N–H and O–H groups in total. The van der Waals surface area contributed by atoms with Gasteiger partial charge in [0, 0.05) is 17.3 Å². The van der Waals surface area contributed by atoms with Crippen molar-refractivity contribution in [3.8, 4) is 5.69 Å². The van der Waals surface area contributed by atoms with Crippen molar-refractivity contribution in [1.29, 1.82) is 0 Å². The van der Waals surface area contributed by atoms with Crippen LogP contribution in [-0.4, -0.2) is 52.3 Å². The molecule has 8 nitrogen and oxygen atoms in total. The van der Waals surface area contributed by atoms with Crippen LogP contribution >= 0.6 is 11.6 Å². The Bertz CT molecular complexity index is 1080. The van der Waals surface area contributed by atoms with Crippen molar-refractivity contribution in [2.75, 3.05) is 26.0 Å². The average Bonchev–Trinajstić information content (AvgIpc) is 3.16. The van der Waals surface area contributed by atoms with E-state index in [1.165, 1.54) is 0 Å². The Kier molecular flexibility index (Phi) is 7.38. The molecule has 31 heavy (non-hydrogen) atoms. The number of nitrogens with zero attached hydrogens (tertiary/aromatic N) is 4. The largest absolute Gasteiger partial charge is 0.347 e. The lowest BCUT2D eigenvalue weighted by Gasteiger charge is -2.11. The maximum absolute atomic E-state index is 12.8. The second-order valence-corrected chi connectivity index (χ2v) is 7.74. The number of nitrogens with one attached hydrogen (secondary N) is 2. The highest BCUT2D eigenvalue weighted by molar-refractivity contribution is 6.30. The van der Waals surface area contributed by atoms with Crippen LogP contribution in [-0.2, 0) is 17.8 Å². The lowest BCUT2D eigenvalue weighted by molar-refractivity contribution is -0.116. The van der Waals surface area contributed by atoms with Crippen LogP contribution in [0.1, 0.15) is 28.7 Å². The smallest absolute Gasteiger partial charge is 0.274 e. The van der Waals surface area contributed by atoms with Gasteiger partial charge in [-0.15, -0.1) is 5.10 Å². The molecule has 3 rings (SSSR count). The quantitative estimate of drug-likeness (QED) is 0.562. The number of anilines is 1. The van der Waals surface area contributed by atoms with Gasteiger partial charge < -0.3 is 15.5 Å². The van der Waals surface area contributed by atoms with Gasteiger partial charge in [0.25, 0.3) is 5.91 Å². The van der Waals surface area contributed by atoms with Gasteiger partial charge in [0.15, 0.2) is 5.69 Å². The van der Waals surface area contributed by atoms with E-state index >= 15 is 0 Å². The predicted octanol–water partition coefficient (Wildman–Crippen LogP) is 2.91. The Morgan fingerprint density at radius 2 is 1.90 bits per heavy atom. The van der Waals surface area contributed by atoms with Crippen LogP contribution in [0.4, 0.5) is 5.69 Å². The number of amides is 2. The minimum absolute atomic E-state index is 0.101. The highest BCUT2D eigenvalue weighted by atomic mass is 35.5. The van der Waals surface area contributed by atoms with E-state index in [0.29, 0.717) is 35.9 Å². The van der Waals surface area contributed by atoms with Gasteiger partial charge in [-0.1, -0.05) is 41.9 Å². The summed E-state index contributed by atoms with van der Waals surface area (Å²) in [6, 6.07) is 14.6. The molecule has 9 heteroatoms. The van der Waals surface area contributed by atoms with Gasteiger partial charge in [-0.25, -0.2) is 4.68 Å². The fourth-order valence-electron chi connectivity index (χ4n) is 3.12. The molecule has 0 spiro atoms. The highest BCUT2D eigenvalue weighted by Crippen LogP contribution is 2.18. The normalized spacial score (nSPS) is 10.9. The molecule has 0 aliphatic rings. The molecule has 0 fully saturated rings. The zero-order valence-electron chi connectivity index (χ0n) is 17.7. The van der Waals surface area contributed by atoms with Crippen molar-refractivity contribution in [3.63, 3.8) is 0 Å². The van der Waals surface area contributed by atoms with Crippen LogP contribution in [0.25, 0.3) is 5.69 Å². The van der Waals surface area contributed by atoms with Crippen molar-refractivity contribution in [2.45, 2.75) is 19.9 Å². The molecular formula is C22H25ClN6O2. The minimum atomic E-state index is -0.313. The maximum atomic E-state index is 12.8. The topological polar surface area (TPSA) is 92.2 Å². The number of aromatic nitrogens is 3. The number of carbonyl (C=O) groups is 2. The zero-order chi connectivity index (χ0) is 22.4. The minimum Gasteiger partial charge on any atom is -0.347 e. The van der Waals surface area contributed by atoms with E-state index < -0.39 is 0 Å². The maximum Gasteiger partial charge on any atom is 0.274 e. The number of hydrogen-bond acceptors (Lipinski definition) is 5. The molecule has 0 atom stereocenters. The summed E-state index contributed by atoms with van der Waals surface area (Å²) >= 11 is 6.08. The number of halogens is 1. The third-order valence-electron chi connectivity index (χ3n) is 4.49. The SMILES string of the molecule is CCc1c(C(=O)NCc2cccc(NC(=O)CN(C)C)c2)nnn1-c1cccc(Cl)c1. The van der Waals surface area contributed by atoms with Crippen molar-refractivity contribution in [1.82, 2.24) is 25.2 Å². The van der Waals surface area contributed by atoms with E-state index in [1.54, 1.807) is 21.7 Å². The van der Waals surface area contributed by atoms with E-state index in [9.17, 15) is 9.59 Å². The third kappa shape index (κ3) is 5.90. The first-order valence-corrected chi connectivity index (χ1v) is 10.3. The lowest BCUT2D eigenvalue weighted by atomic mass is 10.2. The number of likely N-dealkylation sites (N-methyl/N-ethyl adjacent to an activating group) is 1. The summed E-state index contributed by atoms with van der Waals surface area (Å²) in [5.74, 6) is -0.413.